The minimum Gasteiger partial charge on any atom is -0.433 e. The zero-order valence-corrected chi connectivity index (χ0v) is 11.2. The van der Waals surface area contributed by atoms with Crippen molar-refractivity contribution in [2.45, 2.75) is 38.4 Å². The average Bonchev–Trinajstić information content (AvgIpc) is 2.63. The van der Waals surface area contributed by atoms with Gasteiger partial charge in [-0.25, -0.2) is 0 Å². The molecule has 1 aromatic rings. The Morgan fingerprint density at radius 2 is 2.32 bits per heavy atom. The van der Waals surface area contributed by atoms with E-state index in [4.69, 9.17) is 0 Å². The van der Waals surface area contributed by atoms with Gasteiger partial charge in [0.25, 0.3) is 5.91 Å². The molecule has 2 N–H and O–H groups in total. The number of alkyl halides is 2. The van der Waals surface area contributed by atoms with Crippen LogP contribution in [0, 0.1) is 6.92 Å². The minimum atomic E-state index is -2.96. The number of carbonyl (C=O) groups excluding carboxylic acids is 1. The lowest BCUT2D eigenvalue weighted by molar-refractivity contribution is -0.0500. The number of amides is 1. The Hall–Kier alpha value is -1.21. The zero-order chi connectivity index (χ0) is 14.0. The molecule has 1 aliphatic rings. The third-order valence-corrected chi connectivity index (χ3v) is 4.14. The minimum absolute atomic E-state index is 0.112. The molecule has 19 heavy (non-hydrogen) atoms. The van der Waals surface area contributed by atoms with E-state index in [-0.39, 0.29) is 17.2 Å². The summed E-state index contributed by atoms with van der Waals surface area (Å²) >= 11 is 1.09. The Kier molecular flexibility index (Phi) is 4.05. The third-order valence-electron chi connectivity index (χ3n) is 3.11. The molecule has 1 amide bonds. The second-order valence-electron chi connectivity index (χ2n) is 4.69. The van der Waals surface area contributed by atoms with E-state index >= 15 is 0 Å². The second-order valence-corrected chi connectivity index (χ2v) is 5.95. The molecule has 1 heterocycles. The van der Waals surface area contributed by atoms with Crippen molar-refractivity contribution >= 4 is 17.2 Å². The van der Waals surface area contributed by atoms with E-state index in [1.165, 1.54) is 6.07 Å². The summed E-state index contributed by atoms with van der Waals surface area (Å²) in [5.41, 5.74) is -0.842. The van der Waals surface area contributed by atoms with Gasteiger partial charge in [0.05, 0.1) is 5.60 Å². The molecule has 7 heteroatoms. The summed E-state index contributed by atoms with van der Waals surface area (Å²) in [6, 6.07) is 1.41. The van der Waals surface area contributed by atoms with Crippen molar-refractivity contribution in [3.05, 3.63) is 15.8 Å². The first-order valence-corrected chi connectivity index (χ1v) is 6.77. The summed E-state index contributed by atoms with van der Waals surface area (Å²) in [5.74, 6) is -0.607. The van der Waals surface area contributed by atoms with Gasteiger partial charge in [-0.15, -0.1) is 11.3 Å². The molecule has 1 fully saturated rings. The molecule has 1 aromatic heterocycles. The van der Waals surface area contributed by atoms with Crippen LogP contribution in [0.25, 0.3) is 0 Å². The normalized spacial score (nSPS) is 17.1. The van der Waals surface area contributed by atoms with Crippen molar-refractivity contribution in [2.24, 2.45) is 0 Å². The fourth-order valence-corrected chi connectivity index (χ4v) is 2.78. The highest BCUT2D eigenvalue weighted by atomic mass is 32.1. The molecule has 1 saturated carbocycles. The number of aliphatic hydroxyl groups is 1. The standard InChI is InChI=1S/C12H15F2NO3S/c1-7-5-8(18-11(13)14)9(19-7)10(16)15-6-12(17)3-2-4-12/h5,11,17H,2-4,6H2,1H3,(H,15,16). The summed E-state index contributed by atoms with van der Waals surface area (Å²) in [6.07, 6.45) is 2.23. The number of halogens is 2. The number of aryl methyl sites for hydroxylation is 1. The van der Waals surface area contributed by atoms with Crippen LogP contribution < -0.4 is 10.1 Å². The first kappa shape index (κ1) is 14.2. The van der Waals surface area contributed by atoms with Gasteiger partial charge in [-0.3, -0.25) is 4.79 Å². The van der Waals surface area contributed by atoms with Crippen LogP contribution in [-0.4, -0.2) is 29.8 Å². The van der Waals surface area contributed by atoms with Crippen LogP contribution in [0.3, 0.4) is 0 Å². The Morgan fingerprint density at radius 3 is 2.84 bits per heavy atom. The van der Waals surface area contributed by atoms with Crippen LogP contribution in [0.4, 0.5) is 8.78 Å². The maximum atomic E-state index is 12.2. The first-order chi connectivity index (χ1) is 8.89. The summed E-state index contributed by atoms with van der Waals surface area (Å²) in [7, 11) is 0. The smallest absolute Gasteiger partial charge is 0.387 e. The molecular formula is C12H15F2NO3S. The van der Waals surface area contributed by atoms with E-state index < -0.39 is 18.1 Å². The van der Waals surface area contributed by atoms with E-state index in [0.29, 0.717) is 17.7 Å². The number of rotatable bonds is 5. The van der Waals surface area contributed by atoms with Gasteiger partial charge < -0.3 is 15.2 Å². The largest absolute Gasteiger partial charge is 0.433 e. The quantitative estimate of drug-likeness (QED) is 0.875. The van der Waals surface area contributed by atoms with E-state index in [9.17, 15) is 18.7 Å². The summed E-state index contributed by atoms with van der Waals surface area (Å²) in [4.78, 5) is 12.7. The highest BCUT2D eigenvalue weighted by molar-refractivity contribution is 7.14. The van der Waals surface area contributed by atoms with Gasteiger partial charge in [-0.1, -0.05) is 0 Å². The molecule has 0 bridgehead atoms. The van der Waals surface area contributed by atoms with E-state index in [2.05, 4.69) is 10.1 Å². The predicted molar refractivity (Wildman–Crippen MR) is 66.8 cm³/mol. The molecule has 4 nitrogen and oxygen atoms in total. The summed E-state index contributed by atoms with van der Waals surface area (Å²) < 4.78 is 28.8. The van der Waals surface area contributed by atoms with Gasteiger partial charge in [-0.2, -0.15) is 8.78 Å². The molecule has 106 valence electrons. The molecule has 2 rings (SSSR count). The number of nitrogens with one attached hydrogen (secondary N) is 1. The molecule has 0 spiro atoms. The summed E-state index contributed by atoms with van der Waals surface area (Å²) in [5, 5.41) is 12.4. The van der Waals surface area contributed by atoms with Crippen molar-refractivity contribution in [3.63, 3.8) is 0 Å². The van der Waals surface area contributed by atoms with E-state index in [0.717, 1.165) is 17.8 Å². The average molecular weight is 291 g/mol. The number of carbonyl (C=O) groups is 1. The van der Waals surface area contributed by atoms with Crippen LogP contribution in [0.5, 0.6) is 5.75 Å². The van der Waals surface area contributed by atoms with Gasteiger partial charge in [0.2, 0.25) is 0 Å². The zero-order valence-electron chi connectivity index (χ0n) is 10.4. The van der Waals surface area contributed by atoms with Gasteiger partial charge in [0.1, 0.15) is 10.6 Å². The van der Waals surface area contributed by atoms with Gasteiger partial charge in [-0.05, 0) is 32.3 Å². The SMILES string of the molecule is Cc1cc(OC(F)F)c(C(=O)NCC2(O)CCC2)s1. The lowest BCUT2D eigenvalue weighted by Gasteiger charge is -2.36. The van der Waals surface area contributed by atoms with Crippen LogP contribution in [-0.2, 0) is 0 Å². The number of hydrogen-bond donors (Lipinski definition) is 2. The Labute approximate surface area is 113 Å². The van der Waals surface area contributed by atoms with Crippen LogP contribution in [0.1, 0.15) is 33.8 Å². The molecule has 1 aliphatic carbocycles. The van der Waals surface area contributed by atoms with Crippen molar-refractivity contribution in [2.75, 3.05) is 6.54 Å². The molecular weight excluding hydrogens is 276 g/mol. The third kappa shape index (κ3) is 3.42. The number of hydrogen-bond acceptors (Lipinski definition) is 4. The molecule has 0 atom stereocenters. The van der Waals surface area contributed by atoms with Crippen LogP contribution >= 0.6 is 11.3 Å². The van der Waals surface area contributed by atoms with Crippen molar-refractivity contribution in [1.29, 1.82) is 0 Å². The summed E-state index contributed by atoms with van der Waals surface area (Å²) in [6.45, 7) is -1.12. The maximum absolute atomic E-state index is 12.2. The van der Waals surface area contributed by atoms with Crippen LogP contribution in [0.2, 0.25) is 0 Å². The molecule has 0 aliphatic heterocycles. The Bertz CT molecular complexity index is 472. The maximum Gasteiger partial charge on any atom is 0.387 e. The van der Waals surface area contributed by atoms with Gasteiger partial charge in [0, 0.05) is 11.4 Å². The second kappa shape index (κ2) is 5.42. The van der Waals surface area contributed by atoms with Gasteiger partial charge >= 0.3 is 6.61 Å². The first-order valence-electron chi connectivity index (χ1n) is 5.95. The molecule has 0 aromatic carbocycles. The fourth-order valence-electron chi connectivity index (χ4n) is 1.92. The highest BCUT2D eigenvalue weighted by Gasteiger charge is 2.35. The number of ether oxygens (including phenoxy) is 1. The molecule has 0 saturated heterocycles. The van der Waals surface area contributed by atoms with Crippen molar-refractivity contribution in [3.8, 4) is 5.75 Å². The van der Waals surface area contributed by atoms with E-state index in [1.54, 1.807) is 6.92 Å². The monoisotopic (exact) mass is 291 g/mol. The lowest BCUT2D eigenvalue weighted by atomic mass is 9.80. The number of thiophene rings is 1. The Morgan fingerprint density at radius 1 is 1.63 bits per heavy atom. The fraction of sp³-hybridized carbons (Fsp3) is 0.583. The lowest BCUT2D eigenvalue weighted by Crippen LogP contribution is -2.47. The predicted octanol–water partition coefficient (Wildman–Crippen LogP) is 2.30. The topological polar surface area (TPSA) is 58.6 Å². The van der Waals surface area contributed by atoms with Crippen molar-refractivity contribution < 1.29 is 23.4 Å². The van der Waals surface area contributed by atoms with Gasteiger partial charge in [0.15, 0.2) is 0 Å². The highest BCUT2D eigenvalue weighted by Crippen LogP contribution is 2.32. The molecule has 0 unspecified atom stereocenters. The van der Waals surface area contributed by atoms with E-state index in [1.807, 2.05) is 0 Å². The van der Waals surface area contributed by atoms with Crippen LogP contribution in [0.15, 0.2) is 6.07 Å². The van der Waals surface area contributed by atoms with Crippen molar-refractivity contribution in [1.82, 2.24) is 5.32 Å². The Balaban J connectivity index is 2.01. The molecule has 0 radical (unpaired) electrons.